The Kier molecular flexibility index (Phi) is 10.4. The number of para-hydroxylation sites is 2. The summed E-state index contributed by atoms with van der Waals surface area (Å²) in [6, 6.07) is 68.1. The molecular weight excluding hydrogens is 864 g/mol. The summed E-state index contributed by atoms with van der Waals surface area (Å²) >= 11 is 0. The average molecular weight is 921 g/mol. The van der Waals surface area contributed by atoms with E-state index in [0.29, 0.717) is 0 Å². The SMILES string of the molecule is CCCCc1cc2oc3ccccc3c2cc1N1c2ccc(-c3ccccc3)cc2B2c3cc(-c4ccccc4)ccc3N(c3cc4c(cc3CCCC)oc3ccccc34)c3cc(C(C)(C)C)cc1c32. The van der Waals surface area contributed by atoms with Crippen LogP contribution in [0, 0.1) is 0 Å². The van der Waals surface area contributed by atoms with Crippen LogP contribution in [-0.4, -0.2) is 6.71 Å². The highest BCUT2D eigenvalue weighted by Gasteiger charge is 2.45. The highest BCUT2D eigenvalue weighted by molar-refractivity contribution is 7.00. The third-order valence-corrected chi connectivity index (χ3v) is 15.4. The van der Waals surface area contributed by atoms with E-state index in [9.17, 15) is 0 Å². The molecule has 11 aromatic rings. The topological polar surface area (TPSA) is 32.8 Å². The normalized spacial score (nSPS) is 13.1. The van der Waals surface area contributed by atoms with Crippen LogP contribution in [0.25, 0.3) is 66.1 Å². The minimum absolute atomic E-state index is 0.0750. The van der Waals surface area contributed by atoms with Crippen molar-refractivity contribution >= 4 is 101 Å². The van der Waals surface area contributed by atoms with Crippen molar-refractivity contribution in [3.8, 4) is 22.3 Å². The first-order valence-corrected chi connectivity index (χ1v) is 25.8. The molecule has 0 fully saturated rings. The van der Waals surface area contributed by atoms with Crippen LogP contribution in [0.5, 0.6) is 0 Å². The summed E-state index contributed by atoms with van der Waals surface area (Å²) in [4.78, 5) is 5.30. The van der Waals surface area contributed by atoms with E-state index in [0.717, 1.165) is 82.4 Å². The van der Waals surface area contributed by atoms with Gasteiger partial charge in [-0.1, -0.05) is 169 Å². The number of benzene rings is 9. The zero-order valence-electron chi connectivity index (χ0n) is 41.4. The maximum atomic E-state index is 6.65. The molecule has 4 nitrogen and oxygen atoms in total. The summed E-state index contributed by atoms with van der Waals surface area (Å²) in [6.07, 6.45) is 6.21. The van der Waals surface area contributed by atoms with Gasteiger partial charge in [-0.15, -0.1) is 0 Å². The first-order valence-electron chi connectivity index (χ1n) is 25.8. The standard InChI is InChI=1S/C66H57BN2O2/c1-6-8-20-46-36-63-51(49-26-16-18-28-61(49)70-63)40-57(46)68-55-32-30-44(42-22-12-10-13-23-42)34-53(55)67-54-35-45(43-24-14-11-15-25-43)31-33-56(54)69(60-39-48(66(3,4)5)38-59(68)65(60)67)58-41-52-50-27-17-19-29-62(50)71-64(52)37-47(58)21-9-7-2/h10-19,22-41H,6-9,20-21H2,1-5H3. The predicted molar refractivity (Wildman–Crippen MR) is 302 cm³/mol. The van der Waals surface area contributed by atoms with E-state index in [1.54, 1.807) is 0 Å². The Balaban J connectivity index is 1.18. The molecule has 13 rings (SSSR count). The van der Waals surface area contributed by atoms with E-state index >= 15 is 0 Å². The summed E-state index contributed by atoms with van der Waals surface area (Å²) in [7, 11) is 0. The second-order valence-corrected chi connectivity index (χ2v) is 20.9. The molecule has 2 aromatic heterocycles. The molecule has 0 spiro atoms. The lowest BCUT2D eigenvalue weighted by molar-refractivity contribution is 0.590. The van der Waals surface area contributed by atoms with Crippen LogP contribution < -0.4 is 26.2 Å². The van der Waals surface area contributed by atoms with Crippen LogP contribution in [0.2, 0.25) is 0 Å². The molecule has 4 heterocycles. The maximum absolute atomic E-state index is 6.65. The monoisotopic (exact) mass is 920 g/mol. The quantitative estimate of drug-likeness (QED) is 0.128. The van der Waals surface area contributed by atoms with Crippen LogP contribution in [0.1, 0.15) is 77.0 Å². The Bertz CT molecular complexity index is 3620. The number of hydrogen-bond donors (Lipinski definition) is 0. The van der Waals surface area contributed by atoms with E-state index in [1.807, 2.05) is 0 Å². The van der Waals surface area contributed by atoms with Crippen LogP contribution in [-0.2, 0) is 18.3 Å². The van der Waals surface area contributed by atoms with Crippen molar-refractivity contribution in [1.29, 1.82) is 0 Å². The molecular formula is C66H57BN2O2. The van der Waals surface area contributed by atoms with Gasteiger partial charge in [-0.25, -0.2) is 0 Å². The summed E-state index contributed by atoms with van der Waals surface area (Å²) in [6.45, 7) is 11.6. The minimum Gasteiger partial charge on any atom is -0.456 e. The smallest absolute Gasteiger partial charge is 0.252 e. The van der Waals surface area contributed by atoms with Gasteiger partial charge in [0, 0.05) is 44.3 Å². The third kappa shape index (κ3) is 7.11. The highest BCUT2D eigenvalue weighted by atomic mass is 16.3. The van der Waals surface area contributed by atoms with Gasteiger partial charge in [-0.05, 0) is 147 Å². The minimum atomic E-state index is -0.168. The molecule has 0 N–H and O–H groups in total. The van der Waals surface area contributed by atoms with Gasteiger partial charge in [-0.2, -0.15) is 0 Å². The number of aryl methyl sites for hydroxylation is 2. The van der Waals surface area contributed by atoms with Gasteiger partial charge in [0.2, 0.25) is 0 Å². The highest BCUT2D eigenvalue weighted by Crippen LogP contribution is 2.50. The molecule has 2 aliphatic heterocycles. The van der Waals surface area contributed by atoms with Gasteiger partial charge >= 0.3 is 0 Å². The molecule has 0 radical (unpaired) electrons. The molecule has 346 valence electrons. The molecule has 2 aliphatic rings. The van der Waals surface area contributed by atoms with Gasteiger partial charge in [0.1, 0.15) is 22.3 Å². The Hall–Kier alpha value is -7.76. The fourth-order valence-corrected chi connectivity index (χ4v) is 11.7. The summed E-state index contributed by atoms with van der Waals surface area (Å²) in [5.74, 6) is 0. The molecule has 0 aliphatic carbocycles. The zero-order valence-corrected chi connectivity index (χ0v) is 41.4. The molecule has 9 aromatic carbocycles. The van der Waals surface area contributed by atoms with Gasteiger partial charge in [-0.3, -0.25) is 0 Å². The molecule has 0 saturated heterocycles. The zero-order chi connectivity index (χ0) is 48.0. The van der Waals surface area contributed by atoms with Gasteiger partial charge < -0.3 is 18.6 Å². The van der Waals surface area contributed by atoms with Crippen molar-refractivity contribution in [2.24, 2.45) is 0 Å². The number of anilines is 6. The van der Waals surface area contributed by atoms with Crippen LogP contribution in [0.3, 0.4) is 0 Å². The first-order chi connectivity index (χ1) is 34.7. The van der Waals surface area contributed by atoms with E-state index < -0.39 is 0 Å². The predicted octanol–water partition coefficient (Wildman–Crippen LogP) is 16.9. The van der Waals surface area contributed by atoms with E-state index in [4.69, 9.17) is 8.83 Å². The summed E-state index contributed by atoms with van der Waals surface area (Å²) < 4.78 is 13.3. The number of rotatable bonds is 10. The first kappa shape index (κ1) is 43.3. The molecule has 0 atom stereocenters. The van der Waals surface area contributed by atoms with E-state index in [1.165, 1.54) is 89.5 Å². The lowest BCUT2D eigenvalue weighted by atomic mass is 9.33. The number of unbranched alkanes of at least 4 members (excludes halogenated alkanes) is 2. The maximum Gasteiger partial charge on any atom is 0.252 e. The summed E-state index contributed by atoms with van der Waals surface area (Å²) in [5, 5.41) is 4.56. The van der Waals surface area contributed by atoms with Gasteiger partial charge in [0.25, 0.3) is 6.71 Å². The van der Waals surface area contributed by atoms with E-state index in [2.05, 4.69) is 226 Å². The lowest BCUT2D eigenvalue weighted by Gasteiger charge is -2.46. The second-order valence-electron chi connectivity index (χ2n) is 20.9. The van der Waals surface area contributed by atoms with Crippen molar-refractivity contribution < 1.29 is 8.83 Å². The molecule has 0 saturated carbocycles. The molecule has 0 unspecified atom stereocenters. The number of nitrogens with zero attached hydrogens (tertiary/aromatic N) is 2. The Morgan fingerprint density at radius 3 is 1.27 bits per heavy atom. The third-order valence-electron chi connectivity index (χ3n) is 15.4. The Labute approximate surface area is 417 Å². The number of hydrogen-bond acceptors (Lipinski definition) is 4. The van der Waals surface area contributed by atoms with Gasteiger partial charge in [0.05, 0.1) is 11.4 Å². The van der Waals surface area contributed by atoms with Crippen molar-refractivity contribution in [3.63, 3.8) is 0 Å². The fraction of sp³-hybridized carbons (Fsp3) is 0.182. The molecule has 0 bridgehead atoms. The van der Waals surface area contributed by atoms with E-state index in [-0.39, 0.29) is 12.1 Å². The Morgan fingerprint density at radius 2 is 0.831 bits per heavy atom. The van der Waals surface area contributed by atoms with Crippen LogP contribution in [0.15, 0.2) is 191 Å². The van der Waals surface area contributed by atoms with Crippen molar-refractivity contribution in [2.75, 3.05) is 9.80 Å². The second kappa shape index (κ2) is 17.0. The number of fused-ring (bicyclic) bond motifs is 10. The summed E-state index contributed by atoms with van der Waals surface area (Å²) in [5.41, 5.74) is 23.5. The van der Waals surface area contributed by atoms with Crippen molar-refractivity contribution in [2.45, 2.75) is 78.6 Å². The fourth-order valence-electron chi connectivity index (χ4n) is 11.7. The number of furan rings is 2. The molecule has 71 heavy (non-hydrogen) atoms. The Morgan fingerprint density at radius 1 is 0.394 bits per heavy atom. The van der Waals surface area contributed by atoms with Crippen LogP contribution >= 0.6 is 0 Å². The lowest BCUT2D eigenvalue weighted by Crippen LogP contribution is -2.61. The average Bonchev–Trinajstić information content (AvgIpc) is 3.96. The van der Waals surface area contributed by atoms with Crippen molar-refractivity contribution in [3.05, 3.63) is 199 Å². The molecule has 0 amide bonds. The van der Waals surface area contributed by atoms with Gasteiger partial charge in [0.15, 0.2) is 0 Å². The molecule has 5 heteroatoms. The largest absolute Gasteiger partial charge is 0.456 e. The van der Waals surface area contributed by atoms with Crippen molar-refractivity contribution in [1.82, 2.24) is 0 Å². The van der Waals surface area contributed by atoms with Crippen LogP contribution in [0.4, 0.5) is 34.1 Å².